The first kappa shape index (κ1) is 12.2. The maximum Gasteiger partial charge on any atom is 0.408 e. The van der Waals surface area contributed by atoms with Crippen LogP contribution >= 0.6 is 0 Å². The fourth-order valence-electron chi connectivity index (χ4n) is 0.661. The normalized spacial score (nSPS) is 10.1. The molecule has 0 saturated carbocycles. The number of nitrogens with zero attached hydrogens (tertiary/aromatic N) is 1. The zero-order valence-corrected chi connectivity index (χ0v) is 8.03. The van der Waals surface area contributed by atoms with Gasteiger partial charge in [0.15, 0.2) is 0 Å². The van der Waals surface area contributed by atoms with Gasteiger partial charge >= 0.3 is 12.1 Å². The molecule has 0 bridgehead atoms. The van der Waals surface area contributed by atoms with Crippen LogP contribution in [0.3, 0.4) is 0 Å². The summed E-state index contributed by atoms with van der Waals surface area (Å²) in [5, 5.41) is 18.6. The van der Waals surface area contributed by atoms with E-state index in [1.54, 1.807) is 13.8 Å². The summed E-state index contributed by atoms with van der Waals surface area (Å²) in [7, 11) is 0. The van der Waals surface area contributed by atoms with Crippen LogP contribution in [0.5, 0.6) is 0 Å². The standard InChI is InChI=1S/C8H12N2O4/c1-8(2,3-4-9)14-7(13)10-5-6(11)12/h3,5H2,1-2H3,(H,10,13)(H,11,12). The van der Waals surface area contributed by atoms with Gasteiger partial charge in [0.25, 0.3) is 0 Å². The van der Waals surface area contributed by atoms with Crippen molar-refractivity contribution in [1.29, 1.82) is 5.26 Å². The number of nitrogens with one attached hydrogen (secondary N) is 1. The monoisotopic (exact) mass is 200 g/mol. The van der Waals surface area contributed by atoms with Gasteiger partial charge in [-0.3, -0.25) is 4.79 Å². The van der Waals surface area contributed by atoms with Crippen LogP contribution in [0.1, 0.15) is 20.3 Å². The highest BCUT2D eigenvalue weighted by Crippen LogP contribution is 2.13. The first-order chi connectivity index (χ1) is 6.37. The Morgan fingerprint density at radius 2 is 2.14 bits per heavy atom. The Balaban J connectivity index is 3.94. The van der Waals surface area contributed by atoms with Gasteiger partial charge in [-0.05, 0) is 13.8 Å². The molecule has 0 aromatic heterocycles. The summed E-state index contributed by atoms with van der Waals surface area (Å²) in [4.78, 5) is 21.0. The van der Waals surface area contributed by atoms with Crippen LogP contribution in [0.25, 0.3) is 0 Å². The molecule has 0 aromatic rings. The van der Waals surface area contributed by atoms with E-state index in [1.807, 2.05) is 11.4 Å². The van der Waals surface area contributed by atoms with Crippen molar-refractivity contribution in [2.75, 3.05) is 6.54 Å². The van der Waals surface area contributed by atoms with E-state index in [4.69, 9.17) is 15.1 Å². The van der Waals surface area contributed by atoms with Gasteiger partial charge in [-0.25, -0.2) is 4.79 Å². The SMILES string of the molecule is CC(C)(CC#N)OC(=O)NCC(=O)O. The third kappa shape index (κ3) is 5.83. The second-order valence-electron chi connectivity index (χ2n) is 3.23. The van der Waals surface area contributed by atoms with Crippen LogP contribution in [0, 0.1) is 11.3 Å². The molecule has 0 unspecified atom stereocenters. The van der Waals surface area contributed by atoms with Crippen molar-refractivity contribution in [3.8, 4) is 6.07 Å². The Labute approximate surface area is 81.5 Å². The number of carboxylic acid groups (broad SMARTS) is 1. The maximum atomic E-state index is 10.9. The summed E-state index contributed by atoms with van der Waals surface area (Å²) < 4.78 is 4.79. The summed E-state index contributed by atoms with van der Waals surface area (Å²) >= 11 is 0. The third-order valence-electron chi connectivity index (χ3n) is 1.26. The molecule has 0 aliphatic rings. The topological polar surface area (TPSA) is 99.4 Å². The number of carbonyl (C=O) groups is 2. The fourth-order valence-corrected chi connectivity index (χ4v) is 0.661. The smallest absolute Gasteiger partial charge is 0.408 e. The van der Waals surface area contributed by atoms with Crippen LogP contribution < -0.4 is 5.32 Å². The van der Waals surface area contributed by atoms with Gasteiger partial charge in [-0.15, -0.1) is 0 Å². The number of aliphatic carboxylic acids is 1. The molecule has 6 heteroatoms. The summed E-state index contributed by atoms with van der Waals surface area (Å²) in [5.74, 6) is -1.15. The molecule has 0 rings (SSSR count). The van der Waals surface area contributed by atoms with Crippen molar-refractivity contribution < 1.29 is 19.4 Å². The van der Waals surface area contributed by atoms with Crippen molar-refractivity contribution >= 4 is 12.1 Å². The molecule has 2 N–H and O–H groups in total. The molecule has 0 saturated heterocycles. The van der Waals surface area contributed by atoms with Crippen molar-refractivity contribution in [3.05, 3.63) is 0 Å². The summed E-state index contributed by atoms with van der Waals surface area (Å²) in [6.07, 6.45) is -0.791. The second kappa shape index (κ2) is 5.07. The fraction of sp³-hybridized carbons (Fsp3) is 0.625. The largest absolute Gasteiger partial charge is 0.480 e. The number of hydrogen-bond donors (Lipinski definition) is 2. The van der Waals surface area contributed by atoms with Crippen molar-refractivity contribution in [3.63, 3.8) is 0 Å². The number of ether oxygens (including phenoxy) is 1. The Morgan fingerprint density at radius 3 is 2.57 bits per heavy atom. The van der Waals surface area contributed by atoms with E-state index in [0.717, 1.165) is 0 Å². The van der Waals surface area contributed by atoms with Gasteiger partial charge in [-0.1, -0.05) is 0 Å². The predicted molar refractivity (Wildman–Crippen MR) is 46.4 cm³/mol. The van der Waals surface area contributed by atoms with E-state index in [-0.39, 0.29) is 6.42 Å². The van der Waals surface area contributed by atoms with Crippen molar-refractivity contribution in [2.45, 2.75) is 25.9 Å². The van der Waals surface area contributed by atoms with Gasteiger partial charge in [0.1, 0.15) is 12.1 Å². The van der Waals surface area contributed by atoms with Gasteiger partial charge in [-0.2, -0.15) is 5.26 Å². The molecule has 0 aromatic carbocycles. The first-order valence-corrected chi connectivity index (χ1v) is 3.93. The molecular formula is C8H12N2O4. The lowest BCUT2D eigenvalue weighted by Gasteiger charge is -2.21. The van der Waals surface area contributed by atoms with Gasteiger partial charge in [0.05, 0.1) is 12.5 Å². The molecule has 0 aliphatic heterocycles. The van der Waals surface area contributed by atoms with E-state index in [0.29, 0.717) is 0 Å². The van der Waals surface area contributed by atoms with Crippen LogP contribution in [-0.4, -0.2) is 29.3 Å². The quantitative estimate of drug-likeness (QED) is 0.687. The molecule has 14 heavy (non-hydrogen) atoms. The minimum atomic E-state index is -1.15. The number of nitriles is 1. The zero-order chi connectivity index (χ0) is 11.2. The van der Waals surface area contributed by atoms with Gasteiger partial charge < -0.3 is 15.2 Å². The molecule has 1 amide bonds. The van der Waals surface area contributed by atoms with E-state index in [9.17, 15) is 9.59 Å². The number of hydrogen-bond acceptors (Lipinski definition) is 4. The number of amides is 1. The lowest BCUT2D eigenvalue weighted by Crippen LogP contribution is -2.36. The minimum Gasteiger partial charge on any atom is -0.480 e. The molecule has 6 nitrogen and oxygen atoms in total. The van der Waals surface area contributed by atoms with E-state index in [2.05, 4.69) is 0 Å². The second-order valence-corrected chi connectivity index (χ2v) is 3.23. The molecule has 0 atom stereocenters. The molecule has 0 spiro atoms. The summed E-state index contributed by atoms with van der Waals surface area (Å²) in [5.41, 5.74) is -0.905. The van der Waals surface area contributed by atoms with E-state index >= 15 is 0 Å². The number of carbonyl (C=O) groups excluding carboxylic acids is 1. The molecule has 78 valence electrons. The summed E-state index contributed by atoms with van der Waals surface area (Å²) in [6, 6.07) is 1.86. The molecule has 0 aliphatic carbocycles. The van der Waals surface area contributed by atoms with Crippen LogP contribution in [-0.2, 0) is 9.53 Å². The minimum absolute atomic E-state index is 0.0491. The average Bonchev–Trinajstić information content (AvgIpc) is 1.99. The highest BCUT2D eigenvalue weighted by atomic mass is 16.6. The van der Waals surface area contributed by atoms with Gasteiger partial charge in [0, 0.05) is 0 Å². The maximum absolute atomic E-state index is 10.9. The third-order valence-corrected chi connectivity index (χ3v) is 1.26. The Kier molecular flexibility index (Phi) is 4.43. The van der Waals surface area contributed by atoms with Crippen LogP contribution in [0.4, 0.5) is 4.79 Å². The molecule has 0 heterocycles. The average molecular weight is 200 g/mol. The molecule has 0 radical (unpaired) electrons. The van der Waals surface area contributed by atoms with Crippen molar-refractivity contribution in [1.82, 2.24) is 5.32 Å². The predicted octanol–water partition coefficient (Wildman–Crippen LogP) is 0.489. The zero-order valence-electron chi connectivity index (χ0n) is 8.03. The van der Waals surface area contributed by atoms with Crippen molar-refractivity contribution in [2.24, 2.45) is 0 Å². The van der Waals surface area contributed by atoms with Crippen LogP contribution in [0.15, 0.2) is 0 Å². The number of alkyl carbamates (subject to hydrolysis) is 1. The molecular weight excluding hydrogens is 188 g/mol. The van der Waals surface area contributed by atoms with E-state index in [1.165, 1.54) is 0 Å². The first-order valence-electron chi connectivity index (χ1n) is 3.93. The number of rotatable bonds is 4. The van der Waals surface area contributed by atoms with Crippen LogP contribution in [0.2, 0.25) is 0 Å². The molecule has 0 fully saturated rings. The summed E-state index contributed by atoms with van der Waals surface area (Å²) in [6.45, 7) is 2.63. The lowest BCUT2D eigenvalue weighted by molar-refractivity contribution is -0.136. The highest BCUT2D eigenvalue weighted by molar-refractivity contribution is 5.76. The number of carboxylic acids is 1. The van der Waals surface area contributed by atoms with E-state index < -0.39 is 24.2 Å². The highest BCUT2D eigenvalue weighted by Gasteiger charge is 2.22. The Morgan fingerprint density at radius 1 is 1.57 bits per heavy atom. The Bertz CT molecular complexity index is 267. The van der Waals surface area contributed by atoms with Gasteiger partial charge in [0.2, 0.25) is 0 Å². The Hall–Kier alpha value is -1.77. The lowest BCUT2D eigenvalue weighted by atomic mass is 10.1.